The first kappa shape index (κ1) is 18.3. The highest BCUT2D eigenvalue weighted by Gasteiger charge is 2.20. The lowest BCUT2D eigenvalue weighted by Crippen LogP contribution is -2.52. The van der Waals surface area contributed by atoms with Gasteiger partial charge in [0.1, 0.15) is 18.2 Å². The van der Waals surface area contributed by atoms with Gasteiger partial charge in [-0.15, -0.1) is 0 Å². The standard InChI is InChI=1S/C19H27N5O2/c1-20-19(22-9-5-14-25-16-17-6-4-15-26-17)24-12-10-23(11-13-24)18-7-2-3-8-21-18/h2-4,6-8,15H,5,9-14,16H2,1H3,(H,20,22). The second kappa shape index (κ2) is 9.82. The highest BCUT2D eigenvalue weighted by molar-refractivity contribution is 5.80. The van der Waals surface area contributed by atoms with Gasteiger partial charge < -0.3 is 24.3 Å². The Morgan fingerprint density at radius 1 is 1.23 bits per heavy atom. The fourth-order valence-electron chi connectivity index (χ4n) is 2.96. The number of furan rings is 1. The lowest BCUT2D eigenvalue weighted by Gasteiger charge is -2.37. The first-order valence-corrected chi connectivity index (χ1v) is 9.08. The van der Waals surface area contributed by atoms with Crippen LogP contribution in [0.2, 0.25) is 0 Å². The van der Waals surface area contributed by atoms with Crippen molar-refractivity contribution in [1.29, 1.82) is 0 Å². The largest absolute Gasteiger partial charge is 0.467 e. The van der Waals surface area contributed by atoms with Crippen molar-refractivity contribution in [2.24, 2.45) is 4.99 Å². The minimum absolute atomic E-state index is 0.525. The van der Waals surface area contributed by atoms with Crippen molar-refractivity contribution in [3.63, 3.8) is 0 Å². The maximum Gasteiger partial charge on any atom is 0.193 e. The molecule has 0 aromatic carbocycles. The number of aromatic nitrogens is 1. The molecule has 0 saturated carbocycles. The molecule has 0 amide bonds. The minimum atomic E-state index is 0.525. The van der Waals surface area contributed by atoms with Gasteiger partial charge >= 0.3 is 0 Å². The van der Waals surface area contributed by atoms with Gasteiger partial charge in [0.2, 0.25) is 0 Å². The van der Waals surface area contributed by atoms with Gasteiger partial charge in [-0.05, 0) is 30.7 Å². The normalized spacial score (nSPS) is 15.3. The summed E-state index contributed by atoms with van der Waals surface area (Å²) in [6.45, 7) is 5.82. The van der Waals surface area contributed by atoms with Crippen molar-refractivity contribution in [3.05, 3.63) is 48.6 Å². The van der Waals surface area contributed by atoms with E-state index in [9.17, 15) is 0 Å². The molecule has 1 N–H and O–H groups in total. The molecule has 1 fully saturated rings. The molecule has 3 rings (SSSR count). The van der Waals surface area contributed by atoms with E-state index in [1.165, 1.54) is 0 Å². The van der Waals surface area contributed by atoms with E-state index in [0.717, 1.165) is 56.7 Å². The Balaban J connectivity index is 1.33. The van der Waals surface area contributed by atoms with Crippen LogP contribution in [0.3, 0.4) is 0 Å². The van der Waals surface area contributed by atoms with Crippen LogP contribution in [0.4, 0.5) is 5.82 Å². The Bertz CT molecular complexity index is 652. The Hall–Kier alpha value is -2.54. The number of rotatable bonds is 7. The van der Waals surface area contributed by atoms with E-state index in [4.69, 9.17) is 9.15 Å². The summed E-state index contributed by atoms with van der Waals surface area (Å²) in [5, 5.41) is 3.43. The minimum Gasteiger partial charge on any atom is -0.467 e. The molecule has 1 saturated heterocycles. The number of nitrogens with zero attached hydrogens (tertiary/aromatic N) is 4. The molecule has 7 heteroatoms. The summed E-state index contributed by atoms with van der Waals surface area (Å²) >= 11 is 0. The maximum absolute atomic E-state index is 5.60. The summed E-state index contributed by atoms with van der Waals surface area (Å²) in [5.74, 6) is 2.86. The van der Waals surface area contributed by atoms with Crippen LogP contribution in [0.25, 0.3) is 0 Å². The third kappa shape index (κ3) is 5.23. The van der Waals surface area contributed by atoms with Crippen LogP contribution < -0.4 is 10.2 Å². The van der Waals surface area contributed by atoms with Crippen molar-refractivity contribution in [2.75, 3.05) is 51.3 Å². The topological polar surface area (TPSA) is 66.1 Å². The predicted molar refractivity (Wildman–Crippen MR) is 102 cm³/mol. The number of aliphatic imine (C=N–C) groups is 1. The van der Waals surface area contributed by atoms with E-state index in [0.29, 0.717) is 13.2 Å². The average Bonchev–Trinajstić information content (AvgIpc) is 3.22. The monoisotopic (exact) mass is 357 g/mol. The average molecular weight is 357 g/mol. The van der Waals surface area contributed by atoms with Crippen LogP contribution >= 0.6 is 0 Å². The van der Waals surface area contributed by atoms with E-state index < -0.39 is 0 Å². The zero-order chi connectivity index (χ0) is 18.0. The quantitative estimate of drug-likeness (QED) is 0.464. The summed E-state index contributed by atoms with van der Waals surface area (Å²) in [6, 6.07) is 9.83. The van der Waals surface area contributed by atoms with Crippen molar-refractivity contribution >= 4 is 11.8 Å². The Labute approximate surface area is 154 Å². The van der Waals surface area contributed by atoms with E-state index >= 15 is 0 Å². The summed E-state index contributed by atoms with van der Waals surface area (Å²) < 4.78 is 10.8. The third-order valence-electron chi connectivity index (χ3n) is 4.34. The second-order valence-corrected chi connectivity index (χ2v) is 6.12. The molecular formula is C19H27N5O2. The van der Waals surface area contributed by atoms with Gasteiger partial charge in [0.15, 0.2) is 5.96 Å². The predicted octanol–water partition coefficient (Wildman–Crippen LogP) is 1.98. The fourth-order valence-corrected chi connectivity index (χ4v) is 2.96. The molecule has 0 radical (unpaired) electrons. The summed E-state index contributed by atoms with van der Waals surface area (Å²) in [4.78, 5) is 13.4. The molecule has 7 nitrogen and oxygen atoms in total. The third-order valence-corrected chi connectivity index (χ3v) is 4.34. The van der Waals surface area contributed by atoms with Crippen LogP contribution in [0.5, 0.6) is 0 Å². The number of piperazine rings is 1. The molecule has 1 aliphatic heterocycles. The molecule has 2 aromatic heterocycles. The van der Waals surface area contributed by atoms with E-state index in [2.05, 4.69) is 31.2 Å². The second-order valence-electron chi connectivity index (χ2n) is 6.12. The van der Waals surface area contributed by atoms with Crippen LogP contribution in [0, 0.1) is 0 Å². The van der Waals surface area contributed by atoms with Gasteiger partial charge in [-0.1, -0.05) is 6.07 Å². The van der Waals surface area contributed by atoms with E-state index in [1.54, 1.807) is 6.26 Å². The highest BCUT2D eigenvalue weighted by atomic mass is 16.5. The highest BCUT2D eigenvalue weighted by Crippen LogP contribution is 2.12. The molecule has 26 heavy (non-hydrogen) atoms. The number of anilines is 1. The van der Waals surface area contributed by atoms with Crippen LogP contribution in [0.1, 0.15) is 12.2 Å². The molecule has 3 heterocycles. The van der Waals surface area contributed by atoms with Gasteiger partial charge in [-0.25, -0.2) is 4.98 Å². The molecule has 0 atom stereocenters. The smallest absolute Gasteiger partial charge is 0.193 e. The van der Waals surface area contributed by atoms with Crippen molar-refractivity contribution in [1.82, 2.24) is 15.2 Å². The van der Waals surface area contributed by atoms with Gasteiger partial charge in [0.05, 0.1) is 6.26 Å². The number of nitrogens with one attached hydrogen (secondary N) is 1. The lowest BCUT2D eigenvalue weighted by atomic mass is 10.3. The lowest BCUT2D eigenvalue weighted by molar-refractivity contribution is 0.104. The van der Waals surface area contributed by atoms with Crippen molar-refractivity contribution in [2.45, 2.75) is 13.0 Å². The molecule has 140 valence electrons. The number of hydrogen-bond donors (Lipinski definition) is 1. The molecule has 0 bridgehead atoms. The first-order chi connectivity index (χ1) is 12.9. The van der Waals surface area contributed by atoms with Crippen molar-refractivity contribution < 1.29 is 9.15 Å². The van der Waals surface area contributed by atoms with Gasteiger partial charge in [-0.2, -0.15) is 0 Å². The molecule has 1 aliphatic rings. The number of pyridine rings is 1. The van der Waals surface area contributed by atoms with Crippen molar-refractivity contribution in [3.8, 4) is 0 Å². The first-order valence-electron chi connectivity index (χ1n) is 9.08. The molecule has 2 aromatic rings. The fraction of sp³-hybridized carbons (Fsp3) is 0.474. The molecular weight excluding hydrogens is 330 g/mol. The number of guanidine groups is 1. The summed E-state index contributed by atoms with van der Waals surface area (Å²) in [6.07, 6.45) is 4.43. The zero-order valence-electron chi connectivity index (χ0n) is 15.3. The van der Waals surface area contributed by atoms with Crippen LogP contribution in [-0.2, 0) is 11.3 Å². The molecule has 0 spiro atoms. The number of ether oxygens (including phenoxy) is 1. The number of hydrogen-bond acceptors (Lipinski definition) is 5. The van der Waals surface area contributed by atoms with Gasteiger partial charge in [-0.3, -0.25) is 4.99 Å². The van der Waals surface area contributed by atoms with E-state index in [-0.39, 0.29) is 0 Å². The Kier molecular flexibility index (Phi) is 6.89. The van der Waals surface area contributed by atoms with Crippen LogP contribution in [0.15, 0.2) is 52.2 Å². The molecule has 0 aliphatic carbocycles. The van der Waals surface area contributed by atoms with Crippen LogP contribution in [-0.4, -0.2) is 62.2 Å². The van der Waals surface area contributed by atoms with Gasteiger partial charge in [0.25, 0.3) is 0 Å². The summed E-state index contributed by atoms with van der Waals surface area (Å²) in [5.41, 5.74) is 0. The Morgan fingerprint density at radius 2 is 2.12 bits per heavy atom. The maximum atomic E-state index is 5.60. The zero-order valence-corrected chi connectivity index (χ0v) is 15.3. The van der Waals surface area contributed by atoms with E-state index in [1.807, 2.05) is 37.5 Å². The molecule has 0 unspecified atom stereocenters. The Morgan fingerprint density at radius 3 is 2.81 bits per heavy atom. The SMILES string of the molecule is CN=C(NCCCOCc1ccco1)N1CCN(c2ccccn2)CC1. The van der Waals surface area contributed by atoms with Gasteiger partial charge in [0, 0.05) is 52.6 Å². The summed E-state index contributed by atoms with van der Waals surface area (Å²) in [7, 11) is 1.83.